The molecule has 0 radical (unpaired) electrons. The van der Waals surface area contributed by atoms with Gasteiger partial charge in [0.1, 0.15) is 11.1 Å². The van der Waals surface area contributed by atoms with Crippen molar-refractivity contribution in [3.05, 3.63) is 107 Å². The predicted molar refractivity (Wildman–Crippen MR) is 148 cm³/mol. The van der Waals surface area contributed by atoms with Gasteiger partial charge in [-0.15, -0.1) is 0 Å². The van der Waals surface area contributed by atoms with Crippen molar-refractivity contribution in [2.75, 3.05) is 19.5 Å². The first-order chi connectivity index (χ1) is 19.0. The van der Waals surface area contributed by atoms with Crippen LogP contribution in [0.15, 0.2) is 105 Å². The summed E-state index contributed by atoms with van der Waals surface area (Å²) in [7, 11) is 3.14. The summed E-state index contributed by atoms with van der Waals surface area (Å²) in [6.45, 7) is 0. The van der Waals surface area contributed by atoms with Crippen molar-refractivity contribution >= 4 is 33.7 Å². The number of methoxy groups -OCH3 is 2. The molecule has 0 aliphatic rings. The Hall–Kier alpha value is -5.37. The molecule has 2 heterocycles. The molecule has 1 amide bonds. The third-order valence-corrected chi connectivity index (χ3v) is 6.38. The number of anilines is 1. The van der Waals surface area contributed by atoms with Crippen LogP contribution in [-0.4, -0.2) is 25.1 Å². The van der Waals surface area contributed by atoms with Gasteiger partial charge in [0, 0.05) is 22.2 Å². The van der Waals surface area contributed by atoms with Gasteiger partial charge >= 0.3 is 5.63 Å². The number of oxazole rings is 1. The van der Waals surface area contributed by atoms with E-state index in [0.29, 0.717) is 56.5 Å². The molecule has 0 fully saturated rings. The van der Waals surface area contributed by atoms with Gasteiger partial charge in [-0.1, -0.05) is 30.3 Å². The number of nitrogens with one attached hydrogen (secondary N) is 1. The lowest BCUT2D eigenvalue weighted by atomic mass is 10.0. The zero-order valence-electron chi connectivity index (χ0n) is 21.1. The minimum atomic E-state index is -0.431. The van der Waals surface area contributed by atoms with Crippen LogP contribution in [0.1, 0.15) is 10.4 Å². The van der Waals surface area contributed by atoms with Crippen molar-refractivity contribution in [2.45, 2.75) is 0 Å². The Morgan fingerprint density at radius 1 is 0.769 bits per heavy atom. The van der Waals surface area contributed by atoms with Gasteiger partial charge < -0.3 is 23.6 Å². The van der Waals surface area contributed by atoms with Crippen molar-refractivity contribution in [1.82, 2.24) is 4.98 Å². The van der Waals surface area contributed by atoms with Crippen molar-refractivity contribution in [1.29, 1.82) is 0 Å². The number of benzene rings is 4. The number of hydrogen-bond acceptors (Lipinski definition) is 7. The minimum Gasteiger partial charge on any atom is -0.493 e. The molecule has 8 heteroatoms. The van der Waals surface area contributed by atoms with Gasteiger partial charge in [-0.05, 0) is 66.2 Å². The van der Waals surface area contributed by atoms with Gasteiger partial charge in [0.2, 0.25) is 5.89 Å². The third kappa shape index (κ3) is 4.59. The molecule has 6 aromatic rings. The van der Waals surface area contributed by atoms with Crippen LogP contribution >= 0.6 is 0 Å². The number of hydrogen-bond donors (Lipinski definition) is 1. The Labute approximate surface area is 222 Å². The van der Waals surface area contributed by atoms with Crippen LogP contribution in [-0.2, 0) is 0 Å². The molecule has 0 aliphatic heterocycles. The maximum atomic E-state index is 12.9. The second kappa shape index (κ2) is 9.83. The molecule has 6 rings (SSSR count). The Morgan fingerprint density at radius 2 is 1.54 bits per heavy atom. The van der Waals surface area contributed by atoms with E-state index in [4.69, 9.17) is 18.3 Å². The largest absolute Gasteiger partial charge is 0.493 e. The molecular weight excluding hydrogens is 496 g/mol. The molecule has 39 heavy (non-hydrogen) atoms. The topological polar surface area (TPSA) is 104 Å². The van der Waals surface area contributed by atoms with Crippen LogP contribution in [0, 0.1) is 0 Å². The quantitative estimate of drug-likeness (QED) is 0.250. The van der Waals surface area contributed by atoms with Gasteiger partial charge in [0.25, 0.3) is 5.91 Å². The molecular formula is C31H22N2O6. The summed E-state index contributed by atoms with van der Waals surface area (Å²) in [4.78, 5) is 30.0. The summed E-state index contributed by atoms with van der Waals surface area (Å²) >= 11 is 0. The molecule has 0 aliphatic carbocycles. The number of aromatic nitrogens is 1. The highest BCUT2D eigenvalue weighted by atomic mass is 16.5. The fourth-order valence-electron chi connectivity index (χ4n) is 4.37. The molecule has 0 atom stereocenters. The average molecular weight is 519 g/mol. The third-order valence-electron chi connectivity index (χ3n) is 6.38. The summed E-state index contributed by atoms with van der Waals surface area (Å²) in [5, 5.41) is 3.72. The van der Waals surface area contributed by atoms with E-state index in [2.05, 4.69) is 10.3 Å². The molecule has 0 spiro atoms. The van der Waals surface area contributed by atoms with Crippen LogP contribution in [0.2, 0.25) is 0 Å². The monoisotopic (exact) mass is 518 g/mol. The second-order valence-electron chi connectivity index (χ2n) is 8.79. The molecule has 8 nitrogen and oxygen atoms in total. The van der Waals surface area contributed by atoms with Crippen LogP contribution < -0.4 is 20.4 Å². The standard InChI is InChI=1S/C31H22N2O6/c1-36-27-13-11-21(16-28(27)37-2)30-33-24-17-22(12-14-26(24)38-30)32-29(34)19-9-7-18(8-10-19)23-15-20-5-3-4-6-25(20)39-31(23)35/h3-17H,1-2H3,(H,32,34). The first kappa shape index (κ1) is 24.0. The lowest BCUT2D eigenvalue weighted by Gasteiger charge is -2.07. The van der Waals surface area contributed by atoms with Gasteiger partial charge in [-0.25, -0.2) is 9.78 Å². The number of fused-ring (bicyclic) bond motifs is 2. The van der Waals surface area contributed by atoms with E-state index in [9.17, 15) is 9.59 Å². The molecule has 0 bridgehead atoms. The Balaban J connectivity index is 1.22. The summed E-state index contributed by atoms with van der Waals surface area (Å²) in [6.07, 6.45) is 0. The minimum absolute atomic E-state index is 0.296. The van der Waals surface area contributed by atoms with E-state index in [1.807, 2.05) is 24.3 Å². The molecule has 4 aromatic carbocycles. The van der Waals surface area contributed by atoms with E-state index >= 15 is 0 Å². The molecule has 0 saturated heterocycles. The van der Waals surface area contributed by atoms with Crippen LogP contribution in [0.25, 0.3) is 44.7 Å². The number of ether oxygens (including phenoxy) is 2. The van der Waals surface area contributed by atoms with E-state index in [-0.39, 0.29) is 5.91 Å². The molecule has 1 N–H and O–H groups in total. The van der Waals surface area contributed by atoms with Gasteiger partial charge in [-0.3, -0.25) is 4.79 Å². The predicted octanol–water partition coefficient (Wildman–Crippen LogP) is 6.54. The van der Waals surface area contributed by atoms with Crippen LogP contribution in [0.5, 0.6) is 11.5 Å². The fourth-order valence-corrected chi connectivity index (χ4v) is 4.37. The maximum absolute atomic E-state index is 12.9. The van der Waals surface area contributed by atoms with Gasteiger partial charge in [0.15, 0.2) is 17.1 Å². The summed E-state index contributed by atoms with van der Waals surface area (Å²) in [6, 6.07) is 26.6. The van der Waals surface area contributed by atoms with Crippen molar-refractivity contribution < 1.29 is 23.1 Å². The first-order valence-electron chi connectivity index (χ1n) is 12.1. The highest BCUT2D eigenvalue weighted by molar-refractivity contribution is 6.05. The summed E-state index contributed by atoms with van der Waals surface area (Å²) in [5.41, 5.74) is 4.11. The van der Waals surface area contributed by atoms with E-state index in [1.165, 1.54) is 0 Å². The van der Waals surface area contributed by atoms with Crippen molar-refractivity contribution in [3.8, 4) is 34.1 Å². The zero-order valence-corrected chi connectivity index (χ0v) is 21.1. The lowest BCUT2D eigenvalue weighted by Crippen LogP contribution is -2.11. The van der Waals surface area contributed by atoms with Crippen molar-refractivity contribution in [2.24, 2.45) is 0 Å². The number of nitrogens with zero attached hydrogens (tertiary/aromatic N) is 1. The average Bonchev–Trinajstić information content (AvgIpc) is 3.40. The fraction of sp³-hybridized carbons (Fsp3) is 0.0645. The number of rotatable bonds is 6. The van der Waals surface area contributed by atoms with Gasteiger partial charge in [-0.2, -0.15) is 0 Å². The molecule has 192 valence electrons. The van der Waals surface area contributed by atoms with E-state index in [1.54, 1.807) is 80.9 Å². The lowest BCUT2D eigenvalue weighted by molar-refractivity contribution is 0.102. The molecule has 0 saturated carbocycles. The van der Waals surface area contributed by atoms with E-state index < -0.39 is 5.63 Å². The van der Waals surface area contributed by atoms with E-state index in [0.717, 1.165) is 10.9 Å². The summed E-state index contributed by atoms with van der Waals surface area (Å²) < 4.78 is 22.0. The Bertz CT molecular complexity index is 1900. The SMILES string of the molecule is COc1ccc(-c2nc3cc(NC(=O)c4ccc(-c5cc6ccccc6oc5=O)cc4)ccc3o2)cc1OC. The smallest absolute Gasteiger partial charge is 0.344 e. The molecule has 0 unspecified atom stereocenters. The number of carbonyl (C=O) groups is 1. The van der Waals surface area contributed by atoms with Crippen LogP contribution in [0.4, 0.5) is 5.69 Å². The maximum Gasteiger partial charge on any atom is 0.344 e. The second-order valence-corrected chi connectivity index (χ2v) is 8.79. The summed E-state index contributed by atoms with van der Waals surface area (Å²) in [5.74, 6) is 1.30. The number of amides is 1. The number of carbonyl (C=O) groups excluding carboxylic acids is 1. The molecule has 2 aromatic heterocycles. The highest BCUT2D eigenvalue weighted by Gasteiger charge is 2.14. The van der Waals surface area contributed by atoms with Crippen molar-refractivity contribution in [3.63, 3.8) is 0 Å². The van der Waals surface area contributed by atoms with Crippen LogP contribution in [0.3, 0.4) is 0 Å². The Kier molecular flexibility index (Phi) is 6.05. The first-order valence-corrected chi connectivity index (χ1v) is 12.1. The normalized spacial score (nSPS) is 11.0. The highest BCUT2D eigenvalue weighted by Crippen LogP contribution is 2.33. The number of para-hydroxylation sites is 1. The zero-order chi connectivity index (χ0) is 26.9. The van der Waals surface area contributed by atoms with Gasteiger partial charge in [0.05, 0.1) is 19.8 Å². The Morgan fingerprint density at radius 3 is 2.33 bits per heavy atom.